The molecule has 0 unspecified atom stereocenters. The van der Waals surface area contributed by atoms with Gasteiger partial charge in [-0.1, -0.05) is 12.1 Å². The van der Waals surface area contributed by atoms with Crippen LogP contribution >= 0.6 is 0 Å². The minimum atomic E-state index is -4.69. The van der Waals surface area contributed by atoms with Crippen LogP contribution in [0.1, 0.15) is 0 Å². The summed E-state index contributed by atoms with van der Waals surface area (Å²) < 4.78 is 35.4. The third kappa shape index (κ3) is 1.55. The van der Waals surface area contributed by atoms with Gasteiger partial charge < -0.3 is 10.2 Å². The summed E-state index contributed by atoms with van der Waals surface area (Å²) in [5.74, 6) is 0. The molecule has 1 aromatic heterocycles. The molecular formula is C9H7NO5S. The number of benzene rings is 1. The van der Waals surface area contributed by atoms with Crippen LogP contribution in [0.4, 0.5) is 5.69 Å². The second kappa shape index (κ2) is 3.32. The Hall–Kier alpha value is -1.86. The number of nitrogens with two attached hydrogens (primary N) is 1. The summed E-state index contributed by atoms with van der Waals surface area (Å²) in [6, 6.07) is 6.17. The number of rotatable bonds is 1. The van der Waals surface area contributed by atoms with Crippen molar-refractivity contribution in [3.8, 4) is 0 Å². The first-order chi connectivity index (χ1) is 7.41. The molecule has 0 amide bonds. The van der Waals surface area contributed by atoms with Gasteiger partial charge in [0, 0.05) is 5.39 Å². The lowest BCUT2D eigenvalue weighted by Gasteiger charge is -2.03. The fourth-order valence-electron chi connectivity index (χ4n) is 1.40. The van der Waals surface area contributed by atoms with E-state index in [1.165, 1.54) is 12.1 Å². The number of hydrogen-bond acceptors (Lipinski definition) is 5. The summed E-state index contributed by atoms with van der Waals surface area (Å²) in [7, 11) is -4.69. The van der Waals surface area contributed by atoms with Crippen LogP contribution in [0.2, 0.25) is 0 Å². The van der Waals surface area contributed by atoms with Gasteiger partial charge in [0.2, 0.25) is 4.90 Å². The van der Waals surface area contributed by atoms with Gasteiger partial charge in [-0.05, 0) is 12.1 Å². The summed E-state index contributed by atoms with van der Waals surface area (Å²) in [4.78, 5) is 10.4. The molecule has 0 bridgehead atoms. The summed E-state index contributed by atoms with van der Waals surface area (Å²) in [6.45, 7) is 0. The van der Waals surface area contributed by atoms with Gasteiger partial charge in [-0.25, -0.2) is 4.79 Å². The van der Waals surface area contributed by atoms with E-state index in [1.807, 2.05) is 0 Å². The lowest BCUT2D eigenvalue weighted by atomic mass is 10.2. The Morgan fingerprint density at radius 1 is 1.25 bits per heavy atom. The molecule has 1 heterocycles. The Morgan fingerprint density at radius 2 is 1.88 bits per heavy atom. The summed E-state index contributed by atoms with van der Waals surface area (Å²) in [5, 5.41) is 0.259. The highest BCUT2D eigenvalue weighted by molar-refractivity contribution is 7.86. The van der Waals surface area contributed by atoms with E-state index in [0.717, 1.165) is 0 Å². The van der Waals surface area contributed by atoms with Crippen molar-refractivity contribution in [2.24, 2.45) is 0 Å². The van der Waals surface area contributed by atoms with Gasteiger partial charge in [0.15, 0.2) is 0 Å². The van der Waals surface area contributed by atoms with Crippen LogP contribution < -0.4 is 11.4 Å². The van der Waals surface area contributed by atoms with Gasteiger partial charge in [-0.2, -0.15) is 8.42 Å². The van der Waals surface area contributed by atoms with Crippen LogP contribution in [0.25, 0.3) is 11.0 Å². The van der Waals surface area contributed by atoms with Crippen molar-refractivity contribution in [2.75, 3.05) is 5.73 Å². The maximum atomic E-state index is 11.3. The molecule has 0 aliphatic heterocycles. The highest BCUT2D eigenvalue weighted by Gasteiger charge is 2.22. The predicted molar refractivity (Wildman–Crippen MR) is 56.7 cm³/mol. The van der Waals surface area contributed by atoms with E-state index < -0.39 is 20.6 Å². The SMILES string of the molecule is Nc1c(S(=O)(=O)O)c(=O)oc2ccccc12. The van der Waals surface area contributed by atoms with Crippen molar-refractivity contribution in [1.29, 1.82) is 0 Å². The zero-order valence-electron chi connectivity index (χ0n) is 7.88. The number of para-hydroxylation sites is 1. The zero-order chi connectivity index (χ0) is 11.9. The van der Waals surface area contributed by atoms with Crippen molar-refractivity contribution in [1.82, 2.24) is 0 Å². The molecule has 0 spiro atoms. The lowest BCUT2D eigenvalue weighted by Crippen LogP contribution is -2.16. The third-order valence-electron chi connectivity index (χ3n) is 2.07. The van der Waals surface area contributed by atoms with E-state index in [-0.39, 0.29) is 16.7 Å². The molecule has 2 aromatic rings. The molecule has 0 saturated carbocycles. The second-order valence-electron chi connectivity index (χ2n) is 3.10. The molecule has 0 aliphatic rings. The Labute approximate surface area is 90.0 Å². The van der Waals surface area contributed by atoms with Gasteiger partial charge >= 0.3 is 15.7 Å². The smallest absolute Gasteiger partial charge is 0.359 e. The van der Waals surface area contributed by atoms with Crippen molar-refractivity contribution in [3.05, 3.63) is 34.7 Å². The largest absolute Gasteiger partial charge is 0.422 e. The highest BCUT2D eigenvalue weighted by atomic mass is 32.2. The molecular weight excluding hydrogens is 234 g/mol. The van der Waals surface area contributed by atoms with Crippen LogP contribution in [0.5, 0.6) is 0 Å². The summed E-state index contributed by atoms with van der Waals surface area (Å²) >= 11 is 0. The number of anilines is 1. The molecule has 6 nitrogen and oxygen atoms in total. The average Bonchev–Trinajstić information content (AvgIpc) is 2.15. The molecule has 1 aromatic carbocycles. The number of nitrogen functional groups attached to an aromatic ring is 1. The van der Waals surface area contributed by atoms with Gasteiger partial charge in [0.1, 0.15) is 5.58 Å². The van der Waals surface area contributed by atoms with Crippen molar-refractivity contribution >= 4 is 26.8 Å². The second-order valence-corrected chi connectivity index (χ2v) is 4.46. The molecule has 0 fully saturated rings. The lowest BCUT2D eigenvalue weighted by molar-refractivity contribution is 0.471. The number of fused-ring (bicyclic) bond motifs is 1. The van der Waals surface area contributed by atoms with E-state index in [0.29, 0.717) is 0 Å². The molecule has 3 N–H and O–H groups in total. The zero-order valence-corrected chi connectivity index (χ0v) is 8.69. The summed E-state index contributed by atoms with van der Waals surface area (Å²) in [6.07, 6.45) is 0. The van der Waals surface area contributed by atoms with Crippen LogP contribution in [-0.2, 0) is 10.1 Å². The van der Waals surface area contributed by atoms with Gasteiger partial charge in [-0.3, -0.25) is 4.55 Å². The van der Waals surface area contributed by atoms with Crippen LogP contribution in [-0.4, -0.2) is 13.0 Å². The fourth-order valence-corrected chi connectivity index (χ4v) is 2.04. The van der Waals surface area contributed by atoms with E-state index >= 15 is 0 Å². The van der Waals surface area contributed by atoms with E-state index in [9.17, 15) is 13.2 Å². The molecule has 2 rings (SSSR count). The molecule has 0 saturated heterocycles. The first kappa shape index (κ1) is 10.7. The maximum Gasteiger partial charge on any atom is 0.359 e. The Bertz CT molecular complexity index is 716. The van der Waals surface area contributed by atoms with Crippen LogP contribution in [0, 0.1) is 0 Å². The molecule has 0 atom stereocenters. The minimum Gasteiger partial charge on any atom is -0.422 e. The van der Waals surface area contributed by atoms with E-state index in [4.69, 9.17) is 14.7 Å². The van der Waals surface area contributed by atoms with Crippen molar-refractivity contribution < 1.29 is 17.4 Å². The van der Waals surface area contributed by atoms with Crippen molar-refractivity contribution in [3.63, 3.8) is 0 Å². The molecule has 7 heteroatoms. The Kier molecular flexibility index (Phi) is 2.21. The maximum absolute atomic E-state index is 11.3. The highest BCUT2D eigenvalue weighted by Crippen LogP contribution is 2.24. The monoisotopic (exact) mass is 241 g/mol. The standard InChI is InChI=1S/C9H7NO5S/c10-7-5-3-1-2-4-6(5)15-9(11)8(7)16(12,13)14/h1-4H,10H2,(H,12,13,14). The molecule has 16 heavy (non-hydrogen) atoms. The fraction of sp³-hybridized carbons (Fsp3) is 0. The van der Waals surface area contributed by atoms with Gasteiger partial charge in [0.05, 0.1) is 5.69 Å². The molecule has 84 valence electrons. The number of hydrogen-bond donors (Lipinski definition) is 2. The summed E-state index contributed by atoms with van der Waals surface area (Å²) in [5.41, 5.74) is 4.18. The predicted octanol–water partition coefficient (Wildman–Crippen LogP) is 0.622. The van der Waals surface area contributed by atoms with Crippen LogP contribution in [0.3, 0.4) is 0 Å². The quantitative estimate of drug-likeness (QED) is 0.559. The minimum absolute atomic E-state index is 0.164. The topological polar surface area (TPSA) is 111 Å². The molecule has 0 radical (unpaired) electrons. The Balaban J connectivity index is 3.04. The van der Waals surface area contributed by atoms with E-state index in [1.54, 1.807) is 12.1 Å². The van der Waals surface area contributed by atoms with Gasteiger partial charge in [0.25, 0.3) is 0 Å². The van der Waals surface area contributed by atoms with Crippen molar-refractivity contribution in [2.45, 2.75) is 4.90 Å². The van der Waals surface area contributed by atoms with Crippen LogP contribution in [0.15, 0.2) is 38.4 Å². The van der Waals surface area contributed by atoms with E-state index in [2.05, 4.69) is 0 Å². The first-order valence-electron chi connectivity index (χ1n) is 4.20. The average molecular weight is 241 g/mol. The first-order valence-corrected chi connectivity index (χ1v) is 5.64. The normalized spacial score (nSPS) is 11.8. The van der Waals surface area contributed by atoms with Gasteiger partial charge in [-0.15, -0.1) is 0 Å². The molecule has 0 aliphatic carbocycles. The Morgan fingerprint density at radius 3 is 2.50 bits per heavy atom. The third-order valence-corrected chi connectivity index (χ3v) is 2.97.